The quantitative estimate of drug-likeness (QED) is 0.603. The van der Waals surface area contributed by atoms with Crippen molar-refractivity contribution in [1.29, 1.82) is 0 Å². The van der Waals surface area contributed by atoms with Crippen LogP contribution in [0.1, 0.15) is 13.8 Å². The van der Waals surface area contributed by atoms with Crippen LogP contribution in [0.2, 0.25) is 0 Å². The SMILES string of the molecule is CCOC(=O)C(C)Oc1cccc2c(=O)n(CC(=O)Nc3cccc(F)c3)ccc12. The average molecular weight is 412 g/mol. The molecule has 3 rings (SSSR count). The summed E-state index contributed by atoms with van der Waals surface area (Å²) in [4.78, 5) is 36.9. The second-order valence-corrected chi connectivity index (χ2v) is 6.54. The number of carbonyl (C=O) groups is 2. The van der Waals surface area contributed by atoms with E-state index in [1.807, 2.05) is 0 Å². The second-order valence-electron chi connectivity index (χ2n) is 6.54. The Morgan fingerprint density at radius 2 is 1.90 bits per heavy atom. The van der Waals surface area contributed by atoms with E-state index in [1.54, 1.807) is 44.2 Å². The molecule has 1 N–H and O–H groups in total. The molecule has 1 aromatic heterocycles. The molecule has 0 bridgehead atoms. The van der Waals surface area contributed by atoms with Crippen molar-refractivity contribution in [3.63, 3.8) is 0 Å². The zero-order chi connectivity index (χ0) is 21.7. The highest BCUT2D eigenvalue weighted by atomic mass is 19.1. The van der Waals surface area contributed by atoms with Crippen molar-refractivity contribution in [2.45, 2.75) is 26.5 Å². The highest BCUT2D eigenvalue weighted by Crippen LogP contribution is 2.24. The first kappa shape index (κ1) is 21.0. The highest BCUT2D eigenvalue weighted by Gasteiger charge is 2.18. The summed E-state index contributed by atoms with van der Waals surface area (Å²) < 4.78 is 25.1. The molecule has 1 heterocycles. The van der Waals surface area contributed by atoms with E-state index in [-0.39, 0.29) is 13.2 Å². The summed E-state index contributed by atoms with van der Waals surface area (Å²) in [5, 5.41) is 3.41. The average Bonchev–Trinajstić information content (AvgIpc) is 2.70. The van der Waals surface area contributed by atoms with Crippen LogP contribution < -0.4 is 15.6 Å². The summed E-state index contributed by atoms with van der Waals surface area (Å²) in [7, 11) is 0. The minimum atomic E-state index is -0.838. The van der Waals surface area contributed by atoms with Gasteiger partial charge in [0.25, 0.3) is 5.56 Å². The molecule has 0 fully saturated rings. The number of amides is 1. The van der Waals surface area contributed by atoms with Gasteiger partial charge in [-0.3, -0.25) is 9.59 Å². The number of pyridine rings is 1. The largest absolute Gasteiger partial charge is 0.478 e. The lowest BCUT2D eigenvalue weighted by molar-refractivity contribution is -0.150. The maximum atomic E-state index is 13.3. The van der Waals surface area contributed by atoms with Gasteiger partial charge in [0.05, 0.1) is 12.0 Å². The number of rotatable bonds is 7. The molecule has 0 spiro atoms. The van der Waals surface area contributed by atoms with E-state index >= 15 is 0 Å². The van der Waals surface area contributed by atoms with E-state index in [1.165, 1.54) is 29.0 Å². The van der Waals surface area contributed by atoms with Gasteiger partial charge in [-0.1, -0.05) is 12.1 Å². The summed E-state index contributed by atoms with van der Waals surface area (Å²) in [6, 6.07) is 12.0. The minimum Gasteiger partial charge on any atom is -0.478 e. The second kappa shape index (κ2) is 9.21. The van der Waals surface area contributed by atoms with Crippen LogP contribution in [0.15, 0.2) is 59.5 Å². The molecule has 2 aromatic carbocycles. The van der Waals surface area contributed by atoms with E-state index in [9.17, 15) is 18.8 Å². The third kappa shape index (κ3) is 4.83. The summed E-state index contributed by atoms with van der Waals surface area (Å²) in [5.74, 6) is -1.08. The number of nitrogens with one attached hydrogen (secondary N) is 1. The van der Waals surface area contributed by atoms with Gasteiger partial charge in [-0.2, -0.15) is 0 Å². The first-order valence-electron chi connectivity index (χ1n) is 9.40. The summed E-state index contributed by atoms with van der Waals surface area (Å²) in [5.41, 5.74) is -0.0893. The zero-order valence-corrected chi connectivity index (χ0v) is 16.6. The summed E-state index contributed by atoms with van der Waals surface area (Å²) >= 11 is 0. The van der Waals surface area contributed by atoms with Gasteiger partial charge < -0.3 is 19.4 Å². The summed E-state index contributed by atoms with van der Waals surface area (Å²) in [6.45, 7) is 3.27. The number of hydrogen-bond acceptors (Lipinski definition) is 5. The molecule has 1 amide bonds. The van der Waals surface area contributed by atoms with Crippen molar-refractivity contribution in [2.75, 3.05) is 11.9 Å². The molecule has 0 aliphatic carbocycles. The molecular weight excluding hydrogens is 391 g/mol. The van der Waals surface area contributed by atoms with Gasteiger partial charge in [0.15, 0.2) is 6.10 Å². The Balaban J connectivity index is 1.81. The van der Waals surface area contributed by atoms with E-state index in [4.69, 9.17) is 9.47 Å². The number of benzene rings is 2. The molecule has 0 aliphatic rings. The number of nitrogens with zero attached hydrogens (tertiary/aromatic N) is 1. The first-order valence-corrected chi connectivity index (χ1v) is 9.40. The van der Waals surface area contributed by atoms with Gasteiger partial charge in [-0.05, 0) is 50.2 Å². The number of anilines is 1. The molecule has 8 heteroatoms. The van der Waals surface area contributed by atoms with Crippen molar-refractivity contribution < 1.29 is 23.5 Å². The number of hydrogen-bond donors (Lipinski definition) is 1. The molecule has 0 saturated carbocycles. The van der Waals surface area contributed by atoms with Crippen molar-refractivity contribution >= 4 is 28.3 Å². The molecule has 1 unspecified atom stereocenters. The molecule has 7 nitrogen and oxygen atoms in total. The van der Waals surface area contributed by atoms with Crippen molar-refractivity contribution in [3.8, 4) is 5.75 Å². The van der Waals surface area contributed by atoms with Crippen LogP contribution in [-0.4, -0.2) is 29.2 Å². The number of ether oxygens (including phenoxy) is 2. The van der Waals surface area contributed by atoms with Crippen LogP contribution in [0.25, 0.3) is 10.8 Å². The molecule has 1 atom stereocenters. The lowest BCUT2D eigenvalue weighted by Crippen LogP contribution is -2.28. The Hall–Kier alpha value is -3.68. The Bertz CT molecular complexity index is 1140. The fraction of sp³-hybridized carbons (Fsp3) is 0.227. The van der Waals surface area contributed by atoms with Gasteiger partial charge in [0.1, 0.15) is 18.1 Å². The molecule has 0 aliphatic heterocycles. The van der Waals surface area contributed by atoms with Gasteiger partial charge in [0, 0.05) is 17.3 Å². The third-order valence-electron chi connectivity index (χ3n) is 4.32. The van der Waals surface area contributed by atoms with E-state index in [0.29, 0.717) is 22.2 Å². The van der Waals surface area contributed by atoms with Gasteiger partial charge in [0.2, 0.25) is 5.91 Å². The molecule has 0 saturated heterocycles. The number of aromatic nitrogens is 1. The predicted molar refractivity (Wildman–Crippen MR) is 110 cm³/mol. The van der Waals surface area contributed by atoms with E-state index in [0.717, 1.165) is 0 Å². The Kier molecular flexibility index (Phi) is 6.46. The van der Waals surface area contributed by atoms with Crippen molar-refractivity contribution in [2.24, 2.45) is 0 Å². The zero-order valence-electron chi connectivity index (χ0n) is 16.6. The minimum absolute atomic E-state index is 0.240. The fourth-order valence-electron chi connectivity index (χ4n) is 2.94. The number of esters is 1. The van der Waals surface area contributed by atoms with Gasteiger partial charge in [-0.25, -0.2) is 9.18 Å². The molecule has 156 valence electrons. The predicted octanol–water partition coefficient (Wildman–Crippen LogP) is 3.11. The van der Waals surface area contributed by atoms with E-state index in [2.05, 4.69) is 5.32 Å². The lowest BCUT2D eigenvalue weighted by Gasteiger charge is -2.15. The number of halogens is 1. The molecule has 0 radical (unpaired) electrons. The Morgan fingerprint density at radius 1 is 1.13 bits per heavy atom. The maximum absolute atomic E-state index is 13.3. The van der Waals surface area contributed by atoms with Crippen LogP contribution in [0, 0.1) is 5.82 Å². The van der Waals surface area contributed by atoms with Gasteiger partial charge in [-0.15, -0.1) is 0 Å². The van der Waals surface area contributed by atoms with E-state index < -0.39 is 29.4 Å². The highest BCUT2D eigenvalue weighted by molar-refractivity contribution is 5.91. The Labute approximate surface area is 172 Å². The third-order valence-corrected chi connectivity index (χ3v) is 4.32. The van der Waals surface area contributed by atoms with Crippen LogP contribution >= 0.6 is 0 Å². The molecular formula is C22H21FN2O5. The number of fused-ring (bicyclic) bond motifs is 1. The molecule has 3 aromatic rings. The fourth-order valence-corrected chi connectivity index (χ4v) is 2.94. The van der Waals surface area contributed by atoms with Crippen LogP contribution in [0.5, 0.6) is 5.75 Å². The van der Waals surface area contributed by atoms with Crippen molar-refractivity contribution in [1.82, 2.24) is 4.57 Å². The van der Waals surface area contributed by atoms with Crippen LogP contribution in [0.4, 0.5) is 10.1 Å². The maximum Gasteiger partial charge on any atom is 0.347 e. The van der Waals surface area contributed by atoms with Gasteiger partial charge >= 0.3 is 5.97 Å². The van der Waals surface area contributed by atoms with Crippen LogP contribution in [0.3, 0.4) is 0 Å². The Morgan fingerprint density at radius 3 is 2.63 bits per heavy atom. The van der Waals surface area contributed by atoms with Crippen LogP contribution in [-0.2, 0) is 20.9 Å². The van der Waals surface area contributed by atoms with Crippen molar-refractivity contribution in [3.05, 3.63) is 70.9 Å². The standard InChI is InChI=1S/C22H21FN2O5/c1-3-29-22(28)14(2)30-19-9-5-8-18-17(19)10-11-25(21(18)27)13-20(26)24-16-7-4-6-15(23)12-16/h4-12,14H,3,13H2,1-2H3,(H,24,26). The topological polar surface area (TPSA) is 86.6 Å². The molecule has 30 heavy (non-hydrogen) atoms. The summed E-state index contributed by atoms with van der Waals surface area (Å²) in [6.07, 6.45) is 0.632. The monoisotopic (exact) mass is 412 g/mol. The number of carbonyl (C=O) groups excluding carboxylic acids is 2. The lowest BCUT2D eigenvalue weighted by atomic mass is 10.1. The first-order chi connectivity index (χ1) is 14.4. The normalized spacial score (nSPS) is 11.7. The smallest absolute Gasteiger partial charge is 0.347 e.